The Balaban J connectivity index is 2.31. The third-order valence-electron chi connectivity index (χ3n) is 3.51. The number of sulfone groups is 1. The van der Waals surface area contributed by atoms with E-state index >= 15 is 0 Å². The smallest absolute Gasteiger partial charge is 0.330 e. The molecule has 1 saturated carbocycles. The Kier molecular flexibility index (Phi) is 2.50. The molecule has 2 fully saturated rings. The van der Waals surface area contributed by atoms with Gasteiger partial charge in [-0.2, -0.15) is 0 Å². The molecule has 3 atom stereocenters. The summed E-state index contributed by atoms with van der Waals surface area (Å²) in [5.74, 6) is -2.99. The molecule has 0 aromatic heterocycles. The molecule has 0 bridgehead atoms. The zero-order valence-corrected chi connectivity index (χ0v) is 10.5. The highest BCUT2D eigenvalue weighted by Gasteiger charge is 2.70. The number of carbonyl (C=O) groups is 2. The van der Waals surface area contributed by atoms with E-state index in [1.807, 2.05) is 0 Å². The van der Waals surface area contributed by atoms with Crippen molar-refractivity contribution in [1.29, 1.82) is 0 Å². The zero-order valence-electron chi connectivity index (χ0n) is 9.63. The van der Waals surface area contributed by atoms with Crippen molar-refractivity contribution in [3.05, 3.63) is 0 Å². The topological polar surface area (TPSA) is 101 Å². The molecule has 1 heterocycles. The van der Waals surface area contributed by atoms with Gasteiger partial charge in [0.2, 0.25) is 5.91 Å². The van der Waals surface area contributed by atoms with Crippen molar-refractivity contribution in [2.24, 2.45) is 11.8 Å². The molecule has 0 radical (unpaired) electrons. The Morgan fingerprint density at radius 2 is 2.00 bits per heavy atom. The minimum atomic E-state index is -3.37. The molecule has 2 aliphatic rings. The monoisotopic (exact) mass is 261 g/mol. The molecular weight excluding hydrogens is 246 g/mol. The van der Waals surface area contributed by atoms with Gasteiger partial charge in [0.25, 0.3) is 0 Å². The summed E-state index contributed by atoms with van der Waals surface area (Å²) in [6.07, 6.45) is 0.340. The molecular formula is C10H15NO5S. The standard InChI is InChI=1S/C10H15NO5S/c1-5(2)8(12)11-10(9(13)14)4-17(15,16)7-3-6(7)10/h5-7H,3-4H2,1-2H3,(H,11,12)(H,13,14)/t6-,7+,10+/m1/s1. The summed E-state index contributed by atoms with van der Waals surface area (Å²) in [4.78, 5) is 22.9. The van der Waals surface area contributed by atoms with Crippen molar-refractivity contribution >= 4 is 21.7 Å². The summed E-state index contributed by atoms with van der Waals surface area (Å²) >= 11 is 0. The van der Waals surface area contributed by atoms with Crippen LogP contribution in [-0.2, 0) is 19.4 Å². The first-order valence-corrected chi connectivity index (χ1v) is 7.19. The van der Waals surface area contributed by atoms with Gasteiger partial charge < -0.3 is 10.4 Å². The van der Waals surface area contributed by atoms with Crippen molar-refractivity contribution in [3.8, 4) is 0 Å². The number of carboxylic acid groups (broad SMARTS) is 1. The van der Waals surface area contributed by atoms with Gasteiger partial charge in [-0.15, -0.1) is 0 Å². The summed E-state index contributed by atoms with van der Waals surface area (Å²) in [6, 6.07) is 0. The molecule has 1 aliphatic carbocycles. The number of carbonyl (C=O) groups excluding carboxylic acids is 1. The van der Waals surface area contributed by atoms with E-state index in [-0.39, 0.29) is 5.92 Å². The first kappa shape index (κ1) is 12.3. The minimum Gasteiger partial charge on any atom is -0.479 e. The van der Waals surface area contributed by atoms with E-state index in [4.69, 9.17) is 0 Å². The molecule has 6 nitrogen and oxygen atoms in total. The largest absolute Gasteiger partial charge is 0.479 e. The molecule has 1 saturated heterocycles. The lowest BCUT2D eigenvalue weighted by atomic mass is 9.95. The zero-order chi connectivity index (χ0) is 13.0. The van der Waals surface area contributed by atoms with Crippen LogP contribution < -0.4 is 5.32 Å². The van der Waals surface area contributed by atoms with E-state index in [1.54, 1.807) is 13.8 Å². The molecule has 1 amide bonds. The van der Waals surface area contributed by atoms with Crippen molar-refractivity contribution in [3.63, 3.8) is 0 Å². The number of hydrogen-bond donors (Lipinski definition) is 2. The number of carboxylic acids is 1. The van der Waals surface area contributed by atoms with Crippen LogP contribution in [0, 0.1) is 11.8 Å². The predicted molar refractivity (Wildman–Crippen MR) is 59.0 cm³/mol. The summed E-state index contributed by atoms with van der Waals surface area (Å²) in [7, 11) is -3.37. The van der Waals surface area contributed by atoms with Crippen LogP contribution in [0.1, 0.15) is 20.3 Å². The minimum absolute atomic E-state index is 0.340. The molecule has 0 aromatic carbocycles. The molecule has 0 aromatic rings. The molecule has 2 rings (SSSR count). The molecule has 17 heavy (non-hydrogen) atoms. The number of amides is 1. The number of rotatable bonds is 3. The quantitative estimate of drug-likeness (QED) is 0.706. The fraction of sp³-hybridized carbons (Fsp3) is 0.800. The average molecular weight is 261 g/mol. The van der Waals surface area contributed by atoms with Crippen molar-refractivity contribution in [1.82, 2.24) is 5.32 Å². The maximum absolute atomic E-state index is 11.7. The van der Waals surface area contributed by atoms with Crippen LogP contribution in [0.15, 0.2) is 0 Å². The summed E-state index contributed by atoms with van der Waals surface area (Å²) in [5.41, 5.74) is -1.61. The van der Waals surface area contributed by atoms with Gasteiger partial charge in [-0.25, -0.2) is 13.2 Å². The van der Waals surface area contributed by atoms with Gasteiger partial charge in [-0.3, -0.25) is 4.79 Å². The number of hydrogen-bond acceptors (Lipinski definition) is 4. The summed E-state index contributed by atoms with van der Waals surface area (Å²) in [6.45, 7) is 3.28. The second kappa shape index (κ2) is 3.44. The summed E-state index contributed by atoms with van der Waals surface area (Å²) < 4.78 is 23.3. The number of aliphatic carboxylic acids is 1. The highest BCUT2D eigenvalue weighted by atomic mass is 32.2. The maximum atomic E-state index is 11.7. The van der Waals surface area contributed by atoms with E-state index in [1.165, 1.54) is 0 Å². The molecule has 2 N–H and O–H groups in total. The fourth-order valence-electron chi connectivity index (χ4n) is 2.39. The van der Waals surface area contributed by atoms with Gasteiger partial charge in [0.15, 0.2) is 15.4 Å². The van der Waals surface area contributed by atoms with E-state index in [0.717, 1.165) is 0 Å². The van der Waals surface area contributed by atoms with Gasteiger partial charge >= 0.3 is 5.97 Å². The van der Waals surface area contributed by atoms with E-state index in [9.17, 15) is 23.1 Å². The Morgan fingerprint density at radius 3 is 2.29 bits per heavy atom. The first-order valence-electron chi connectivity index (χ1n) is 5.47. The van der Waals surface area contributed by atoms with Gasteiger partial charge in [0.05, 0.1) is 11.0 Å². The van der Waals surface area contributed by atoms with Crippen LogP contribution in [0.25, 0.3) is 0 Å². The Morgan fingerprint density at radius 1 is 1.41 bits per heavy atom. The highest BCUT2D eigenvalue weighted by Crippen LogP contribution is 2.52. The molecule has 7 heteroatoms. The normalized spacial score (nSPS) is 37.6. The van der Waals surface area contributed by atoms with Gasteiger partial charge in [-0.05, 0) is 6.42 Å². The first-order chi connectivity index (χ1) is 7.70. The molecule has 96 valence electrons. The Labute approximate surface area is 99.3 Å². The van der Waals surface area contributed by atoms with Crippen LogP contribution in [-0.4, -0.2) is 41.9 Å². The molecule has 1 aliphatic heterocycles. The number of nitrogens with one attached hydrogen (secondary N) is 1. The SMILES string of the molecule is CC(C)C(=O)N[C@@]1(C(=O)O)CS(=O)(=O)[C@H]2C[C@H]21. The van der Waals surface area contributed by atoms with Crippen molar-refractivity contribution < 1.29 is 23.1 Å². The fourth-order valence-corrected chi connectivity index (χ4v) is 4.88. The number of fused-ring (bicyclic) bond motifs is 1. The van der Waals surface area contributed by atoms with Gasteiger partial charge in [0.1, 0.15) is 0 Å². The summed E-state index contributed by atoms with van der Waals surface area (Å²) in [5, 5.41) is 11.1. The van der Waals surface area contributed by atoms with Gasteiger partial charge in [0, 0.05) is 11.8 Å². The Hall–Kier alpha value is -1.11. The third kappa shape index (κ3) is 1.72. The van der Waals surface area contributed by atoms with E-state index in [0.29, 0.717) is 6.42 Å². The lowest BCUT2D eigenvalue weighted by Gasteiger charge is -2.27. The van der Waals surface area contributed by atoms with E-state index < -0.39 is 44.2 Å². The lowest BCUT2D eigenvalue weighted by molar-refractivity contribution is -0.147. The van der Waals surface area contributed by atoms with Crippen LogP contribution in [0.2, 0.25) is 0 Å². The Bertz CT molecular complexity index is 483. The molecule has 0 spiro atoms. The van der Waals surface area contributed by atoms with Crippen LogP contribution >= 0.6 is 0 Å². The molecule has 0 unspecified atom stereocenters. The van der Waals surface area contributed by atoms with Crippen molar-refractivity contribution in [2.45, 2.75) is 31.1 Å². The average Bonchev–Trinajstić information content (AvgIpc) is 2.91. The van der Waals surface area contributed by atoms with Crippen molar-refractivity contribution in [2.75, 3.05) is 5.75 Å². The second-order valence-electron chi connectivity index (χ2n) is 5.11. The van der Waals surface area contributed by atoms with E-state index in [2.05, 4.69) is 5.32 Å². The predicted octanol–water partition coefficient (Wildman–Crippen LogP) is -0.601. The highest BCUT2D eigenvalue weighted by molar-refractivity contribution is 7.92. The van der Waals surface area contributed by atoms with Crippen LogP contribution in [0.5, 0.6) is 0 Å². The van der Waals surface area contributed by atoms with Gasteiger partial charge in [-0.1, -0.05) is 13.8 Å². The second-order valence-corrected chi connectivity index (χ2v) is 7.33. The maximum Gasteiger partial charge on any atom is 0.330 e. The van der Waals surface area contributed by atoms with Crippen LogP contribution in [0.4, 0.5) is 0 Å². The van der Waals surface area contributed by atoms with Crippen LogP contribution in [0.3, 0.4) is 0 Å². The lowest BCUT2D eigenvalue weighted by Crippen LogP contribution is -2.59. The third-order valence-corrected chi connectivity index (χ3v) is 5.81.